The Hall–Kier alpha value is -0.840. The van der Waals surface area contributed by atoms with Gasteiger partial charge in [0.15, 0.2) is 0 Å². The zero-order valence-corrected chi connectivity index (χ0v) is 11.5. The predicted octanol–water partition coefficient (Wildman–Crippen LogP) is 1.93. The smallest absolute Gasteiger partial charge is 0.150 e. The molecule has 5 heteroatoms. The molecule has 0 atom stereocenters. The Balaban J connectivity index is 2.12. The van der Waals surface area contributed by atoms with Crippen LogP contribution in [0.3, 0.4) is 0 Å². The topological polar surface area (TPSA) is 52.0 Å². The molecule has 1 aliphatic rings. The SMILES string of the molecule is CC(C)(C)c1cnn(C2CCS(=O)(=O)CC2)c1. The summed E-state index contributed by atoms with van der Waals surface area (Å²) in [5.74, 6) is 0.588. The molecule has 0 aliphatic carbocycles. The first-order valence-electron chi connectivity index (χ1n) is 6.03. The molecule has 0 spiro atoms. The molecule has 0 saturated carbocycles. The third-order valence-corrected chi connectivity index (χ3v) is 5.08. The van der Waals surface area contributed by atoms with Crippen LogP contribution in [0.25, 0.3) is 0 Å². The summed E-state index contributed by atoms with van der Waals surface area (Å²) in [6.45, 7) is 6.46. The van der Waals surface area contributed by atoms with Crippen molar-refractivity contribution in [2.45, 2.75) is 45.1 Å². The van der Waals surface area contributed by atoms with E-state index in [9.17, 15) is 8.42 Å². The summed E-state index contributed by atoms with van der Waals surface area (Å²) in [6, 6.07) is 0.245. The van der Waals surface area contributed by atoms with Crippen LogP contribution in [0, 0.1) is 0 Å². The maximum absolute atomic E-state index is 11.4. The summed E-state index contributed by atoms with van der Waals surface area (Å²) in [7, 11) is -2.79. The number of hydrogen-bond donors (Lipinski definition) is 0. The van der Waals surface area contributed by atoms with Crippen LogP contribution in [0.5, 0.6) is 0 Å². The lowest BCUT2D eigenvalue weighted by molar-refractivity contribution is 0.412. The van der Waals surface area contributed by atoms with Gasteiger partial charge in [-0.2, -0.15) is 5.10 Å². The van der Waals surface area contributed by atoms with Gasteiger partial charge in [0.05, 0.1) is 23.7 Å². The minimum Gasteiger partial charge on any atom is -0.269 e. The lowest BCUT2D eigenvalue weighted by atomic mass is 9.90. The van der Waals surface area contributed by atoms with E-state index in [1.165, 1.54) is 5.56 Å². The molecule has 0 unspecified atom stereocenters. The van der Waals surface area contributed by atoms with Gasteiger partial charge in [-0.15, -0.1) is 0 Å². The van der Waals surface area contributed by atoms with E-state index in [-0.39, 0.29) is 11.5 Å². The van der Waals surface area contributed by atoms with Crippen molar-refractivity contribution in [3.05, 3.63) is 18.0 Å². The Kier molecular flexibility index (Phi) is 3.06. The Labute approximate surface area is 103 Å². The van der Waals surface area contributed by atoms with Gasteiger partial charge in [-0.05, 0) is 23.8 Å². The molecule has 17 heavy (non-hydrogen) atoms. The van der Waals surface area contributed by atoms with E-state index in [0.29, 0.717) is 24.3 Å². The third-order valence-electron chi connectivity index (χ3n) is 3.37. The van der Waals surface area contributed by atoms with Crippen molar-refractivity contribution in [1.82, 2.24) is 9.78 Å². The molecule has 0 amide bonds. The van der Waals surface area contributed by atoms with Crippen molar-refractivity contribution in [1.29, 1.82) is 0 Å². The van der Waals surface area contributed by atoms with Crippen LogP contribution in [0.4, 0.5) is 0 Å². The van der Waals surface area contributed by atoms with Crippen LogP contribution >= 0.6 is 0 Å². The quantitative estimate of drug-likeness (QED) is 0.771. The summed E-state index contributed by atoms with van der Waals surface area (Å²) < 4.78 is 24.7. The van der Waals surface area contributed by atoms with Crippen molar-refractivity contribution in [3.8, 4) is 0 Å². The van der Waals surface area contributed by atoms with Crippen LogP contribution < -0.4 is 0 Å². The van der Waals surface area contributed by atoms with Gasteiger partial charge in [-0.25, -0.2) is 8.42 Å². The van der Waals surface area contributed by atoms with Crippen LogP contribution in [0.1, 0.15) is 45.2 Å². The average molecular weight is 256 g/mol. The Morgan fingerprint density at radius 2 is 1.88 bits per heavy atom. The molecule has 2 heterocycles. The van der Waals surface area contributed by atoms with Crippen LogP contribution in [-0.4, -0.2) is 29.7 Å². The fraction of sp³-hybridized carbons (Fsp3) is 0.750. The van der Waals surface area contributed by atoms with E-state index >= 15 is 0 Å². The van der Waals surface area contributed by atoms with Crippen LogP contribution in [0.15, 0.2) is 12.4 Å². The van der Waals surface area contributed by atoms with E-state index < -0.39 is 9.84 Å². The van der Waals surface area contributed by atoms with E-state index in [1.54, 1.807) is 0 Å². The fourth-order valence-electron chi connectivity index (χ4n) is 2.07. The molecule has 1 aromatic heterocycles. The molecule has 0 bridgehead atoms. The number of rotatable bonds is 1. The van der Waals surface area contributed by atoms with Gasteiger partial charge < -0.3 is 0 Å². The molecule has 4 nitrogen and oxygen atoms in total. The minimum absolute atomic E-state index is 0.0962. The molecule has 0 N–H and O–H groups in total. The highest BCUT2D eigenvalue weighted by atomic mass is 32.2. The van der Waals surface area contributed by atoms with Crippen molar-refractivity contribution in [3.63, 3.8) is 0 Å². The summed E-state index contributed by atoms with van der Waals surface area (Å²) in [5, 5.41) is 4.38. The Morgan fingerprint density at radius 1 is 1.29 bits per heavy atom. The standard InChI is InChI=1S/C12H20N2O2S/c1-12(2,3)10-8-13-14(9-10)11-4-6-17(15,16)7-5-11/h8-9,11H,4-7H2,1-3H3. The van der Waals surface area contributed by atoms with E-state index in [4.69, 9.17) is 0 Å². The number of nitrogens with zero attached hydrogens (tertiary/aromatic N) is 2. The third kappa shape index (κ3) is 2.89. The second kappa shape index (κ2) is 4.12. The number of hydrogen-bond acceptors (Lipinski definition) is 3. The number of aromatic nitrogens is 2. The molecule has 1 aromatic rings. The number of sulfone groups is 1. The first-order valence-corrected chi connectivity index (χ1v) is 7.85. The first kappa shape index (κ1) is 12.6. The van der Waals surface area contributed by atoms with Gasteiger partial charge in [-0.3, -0.25) is 4.68 Å². The summed E-state index contributed by atoms with van der Waals surface area (Å²) in [6.07, 6.45) is 5.33. The van der Waals surface area contributed by atoms with Crippen LogP contribution in [-0.2, 0) is 15.3 Å². The molecule has 1 saturated heterocycles. The van der Waals surface area contributed by atoms with Crippen molar-refractivity contribution in [2.75, 3.05) is 11.5 Å². The summed E-state index contributed by atoms with van der Waals surface area (Å²) in [5.41, 5.74) is 1.30. The summed E-state index contributed by atoms with van der Waals surface area (Å²) >= 11 is 0. The zero-order valence-electron chi connectivity index (χ0n) is 10.7. The molecule has 2 rings (SSSR count). The summed E-state index contributed by atoms with van der Waals surface area (Å²) in [4.78, 5) is 0. The first-order chi connectivity index (χ1) is 7.78. The second-order valence-corrected chi connectivity index (χ2v) is 8.15. The van der Waals surface area contributed by atoms with Crippen LogP contribution in [0.2, 0.25) is 0 Å². The lowest BCUT2D eigenvalue weighted by Gasteiger charge is -2.22. The van der Waals surface area contributed by atoms with Crippen molar-refractivity contribution in [2.24, 2.45) is 0 Å². The van der Waals surface area contributed by atoms with Crippen molar-refractivity contribution < 1.29 is 8.42 Å². The van der Waals surface area contributed by atoms with Gasteiger partial charge in [0, 0.05) is 6.20 Å². The maximum Gasteiger partial charge on any atom is 0.150 e. The van der Waals surface area contributed by atoms with Gasteiger partial charge in [0.25, 0.3) is 0 Å². The van der Waals surface area contributed by atoms with Crippen molar-refractivity contribution >= 4 is 9.84 Å². The fourth-order valence-corrected chi connectivity index (χ4v) is 3.53. The normalized spacial score (nSPS) is 21.6. The Bertz CT molecular complexity index is 483. The lowest BCUT2D eigenvalue weighted by Crippen LogP contribution is -2.25. The molecule has 96 valence electrons. The van der Waals surface area contributed by atoms with E-state index in [1.807, 2.05) is 10.9 Å². The van der Waals surface area contributed by atoms with Gasteiger partial charge in [-0.1, -0.05) is 20.8 Å². The molecule has 1 fully saturated rings. The van der Waals surface area contributed by atoms with Gasteiger partial charge in [0.1, 0.15) is 9.84 Å². The average Bonchev–Trinajstić information content (AvgIpc) is 2.66. The highest BCUT2D eigenvalue weighted by molar-refractivity contribution is 7.91. The molecule has 0 radical (unpaired) electrons. The predicted molar refractivity (Wildman–Crippen MR) is 67.9 cm³/mol. The molecular weight excluding hydrogens is 236 g/mol. The molecule has 1 aliphatic heterocycles. The minimum atomic E-state index is -2.79. The Morgan fingerprint density at radius 3 is 2.35 bits per heavy atom. The van der Waals surface area contributed by atoms with E-state index in [0.717, 1.165) is 0 Å². The molecular formula is C12H20N2O2S. The highest BCUT2D eigenvalue weighted by Gasteiger charge is 2.26. The monoisotopic (exact) mass is 256 g/mol. The molecule has 0 aromatic carbocycles. The van der Waals surface area contributed by atoms with Gasteiger partial charge in [0.2, 0.25) is 0 Å². The van der Waals surface area contributed by atoms with Gasteiger partial charge >= 0.3 is 0 Å². The largest absolute Gasteiger partial charge is 0.269 e. The second-order valence-electron chi connectivity index (χ2n) is 5.84. The highest BCUT2D eigenvalue weighted by Crippen LogP contribution is 2.26. The zero-order chi connectivity index (χ0) is 12.7. The maximum atomic E-state index is 11.4. The van der Waals surface area contributed by atoms with E-state index in [2.05, 4.69) is 32.1 Å².